The summed E-state index contributed by atoms with van der Waals surface area (Å²) in [6, 6.07) is -0.913. The first-order chi connectivity index (χ1) is 37.0. The number of phosphoric ester groups is 1. The molecule has 0 rings (SSSR count). The van der Waals surface area contributed by atoms with Gasteiger partial charge in [0.05, 0.1) is 39.9 Å². The first-order valence-corrected chi connectivity index (χ1v) is 34.1. The molecule has 0 spiro atoms. The number of carbonyl (C=O) groups is 1. The Bertz CT molecular complexity index is 1420. The maximum absolute atomic E-state index is 13.0. The van der Waals surface area contributed by atoms with Crippen molar-refractivity contribution in [3.8, 4) is 0 Å². The van der Waals surface area contributed by atoms with Gasteiger partial charge in [0.2, 0.25) is 5.91 Å². The molecule has 446 valence electrons. The number of nitrogens with zero attached hydrogens (tertiary/aromatic N) is 1. The van der Waals surface area contributed by atoms with Gasteiger partial charge in [0.25, 0.3) is 7.82 Å². The largest absolute Gasteiger partial charge is 0.756 e. The highest BCUT2D eigenvalue weighted by atomic mass is 31.2. The van der Waals surface area contributed by atoms with Crippen LogP contribution in [-0.2, 0) is 18.4 Å². The van der Waals surface area contributed by atoms with E-state index >= 15 is 0 Å². The van der Waals surface area contributed by atoms with Gasteiger partial charge >= 0.3 is 0 Å². The van der Waals surface area contributed by atoms with Crippen molar-refractivity contribution in [1.82, 2.24) is 5.32 Å². The molecule has 0 heterocycles. The van der Waals surface area contributed by atoms with Crippen molar-refractivity contribution in [2.24, 2.45) is 0 Å². The summed E-state index contributed by atoms with van der Waals surface area (Å²) in [6.45, 7) is 4.65. The third-order valence-electron chi connectivity index (χ3n) is 14.7. The average Bonchev–Trinajstić information content (AvgIpc) is 3.38. The third kappa shape index (κ3) is 59.9. The van der Waals surface area contributed by atoms with Gasteiger partial charge < -0.3 is 28.8 Å². The first-order valence-electron chi connectivity index (χ1n) is 32.7. The number of quaternary nitrogens is 1. The topological polar surface area (TPSA) is 108 Å². The van der Waals surface area contributed by atoms with E-state index in [9.17, 15) is 19.4 Å². The molecule has 1 amide bonds. The highest BCUT2D eigenvalue weighted by Crippen LogP contribution is 2.38. The summed E-state index contributed by atoms with van der Waals surface area (Å²) in [6.07, 6.45) is 79.0. The molecule has 8 nitrogen and oxygen atoms in total. The molecule has 9 heteroatoms. The fraction of sp³-hybridized carbons (Fsp3) is 0.836. The number of hydrogen-bond donors (Lipinski definition) is 2. The molecule has 3 atom stereocenters. The molecule has 2 N–H and O–H groups in total. The first kappa shape index (κ1) is 74.2. The Hall–Kier alpha value is -1.80. The van der Waals surface area contributed by atoms with E-state index in [0.717, 1.165) is 51.4 Å². The normalized spacial score (nSPS) is 14.1. The number of nitrogens with one attached hydrogen (secondary N) is 1. The van der Waals surface area contributed by atoms with E-state index in [1.807, 2.05) is 27.2 Å². The lowest BCUT2D eigenvalue weighted by Crippen LogP contribution is -2.45. The van der Waals surface area contributed by atoms with Crippen molar-refractivity contribution in [2.45, 2.75) is 321 Å². The standard InChI is InChI=1S/C67H127N2O6P/c1-6-8-10-12-14-16-18-20-22-24-26-28-30-31-32-33-34-35-36-37-39-41-43-45-47-49-51-53-55-57-59-61-67(71)68-65(64-75-76(72,73)74-63-62-69(3,4)5)66(70)60-58-56-54-52-50-48-46-44-42-40-38-29-27-25-23-21-19-17-15-13-11-9-7-2/h26,28,31-32,42,44,50,52,58,60,65-66,70H,6-25,27,29-30,33-41,43,45-49,51,53-57,59,61-64H2,1-5H3,(H-,68,71,72,73)/b28-26-,32-31-,44-42+,52-50+,60-58+. The minimum Gasteiger partial charge on any atom is -0.756 e. The van der Waals surface area contributed by atoms with E-state index in [-0.39, 0.29) is 12.5 Å². The molecular formula is C67H127N2O6P. The fourth-order valence-electron chi connectivity index (χ4n) is 9.57. The number of phosphoric acid groups is 1. The molecule has 0 saturated heterocycles. The Morgan fingerprint density at radius 3 is 1.14 bits per heavy atom. The van der Waals surface area contributed by atoms with Crippen LogP contribution in [0, 0.1) is 0 Å². The zero-order valence-electron chi connectivity index (χ0n) is 51.0. The molecule has 0 saturated carbocycles. The van der Waals surface area contributed by atoms with Crippen LogP contribution in [0.25, 0.3) is 0 Å². The van der Waals surface area contributed by atoms with Gasteiger partial charge in [-0.2, -0.15) is 0 Å². The van der Waals surface area contributed by atoms with Gasteiger partial charge in [0.15, 0.2) is 0 Å². The fourth-order valence-corrected chi connectivity index (χ4v) is 10.3. The summed E-state index contributed by atoms with van der Waals surface area (Å²) < 4.78 is 23.4. The van der Waals surface area contributed by atoms with Crippen molar-refractivity contribution in [1.29, 1.82) is 0 Å². The smallest absolute Gasteiger partial charge is 0.268 e. The van der Waals surface area contributed by atoms with Crippen molar-refractivity contribution >= 4 is 13.7 Å². The van der Waals surface area contributed by atoms with E-state index in [1.165, 1.54) is 238 Å². The number of hydrogen-bond acceptors (Lipinski definition) is 6. The van der Waals surface area contributed by atoms with E-state index in [0.29, 0.717) is 17.4 Å². The van der Waals surface area contributed by atoms with Crippen LogP contribution >= 0.6 is 7.82 Å². The second-order valence-electron chi connectivity index (χ2n) is 23.4. The minimum absolute atomic E-state index is 0.00975. The highest BCUT2D eigenvalue weighted by molar-refractivity contribution is 7.45. The number of unbranched alkanes of at least 4 members (excludes halogenated alkanes) is 39. The molecule has 0 radical (unpaired) electrons. The maximum Gasteiger partial charge on any atom is 0.268 e. The number of aliphatic hydroxyl groups excluding tert-OH is 1. The van der Waals surface area contributed by atoms with Gasteiger partial charge in [-0.05, 0) is 77.0 Å². The van der Waals surface area contributed by atoms with Gasteiger partial charge in [0.1, 0.15) is 13.2 Å². The van der Waals surface area contributed by atoms with Crippen LogP contribution in [0.15, 0.2) is 60.8 Å². The zero-order valence-corrected chi connectivity index (χ0v) is 51.9. The van der Waals surface area contributed by atoms with Gasteiger partial charge in [-0.1, -0.05) is 286 Å². The predicted octanol–water partition coefficient (Wildman–Crippen LogP) is 19.8. The van der Waals surface area contributed by atoms with Gasteiger partial charge in [0, 0.05) is 6.42 Å². The Kier molecular flexibility index (Phi) is 56.5. The molecule has 0 aromatic rings. The lowest BCUT2D eigenvalue weighted by atomic mass is 10.0. The number of aliphatic hydroxyl groups is 1. The predicted molar refractivity (Wildman–Crippen MR) is 330 cm³/mol. The maximum atomic E-state index is 13.0. The van der Waals surface area contributed by atoms with E-state index in [2.05, 4.69) is 67.8 Å². The molecule has 0 bridgehead atoms. The quantitative estimate of drug-likeness (QED) is 0.0272. The second kappa shape index (κ2) is 57.9. The molecule has 0 aliphatic carbocycles. The van der Waals surface area contributed by atoms with Crippen molar-refractivity contribution in [3.05, 3.63) is 60.8 Å². The summed E-state index contributed by atoms with van der Waals surface area (Å²) in [7, 11) is 1.24. The number of amides is 1. The summed E-state index contributed by atoms with van der Waals surface area (Å²) >= 11 is 0. The van der Waals surface area contributed by atoms with Crippen LogP contribution < -0.4 is 10.2 Å². The third-order valence-corrected chi connectivity index (χ3v) is 15.6. The molecular weight excluding hydrogens is 960 g/mol. The number of likely N-dealkylation sites (N-methyl/N-ethyl adjacent to an activating group) is 1. The number of rotatable bonds is 60. The Labute approximate surface area is 472 Å². The molecule has 76 heavy (non-hydrogen) atoms. The summed E-state index contributed by atoms with van der Waals surface area (Å²) in [5.74, 6) is -0.209. The van der Waals surface area contributed by atoms with Crippen molar-refractivity contribution in [2.75, 3.05) is 40.9 Å². The van der Waals surface area contributed by atoms with Crippen LogP contribution in [0.3, 0.4) is 0 Å². The lowest BCUT2D eigenvalue weighted by molar-refractivity contribution is -0.870. The minimum atomic E-state index is -4.61. The molecule has 0 aliphatic heterocycles. The second-order valence-corrected chi connectivity index (χ2v) is 24.9. The number of carbonyl (C=O) groups excluding carboxylic acids is 1. The van der Waals surface area contributed by atoms with Crippen molar-refractivity contribution < 1.29 is 32.9 Å². The summed E-state index contributed by atoms with van der Waals surface area (Å²) in [5, 5.41) is 13.9. The average molecular weight is 1090 g/mol. The van der Waals surface area contributed by atoms with Crippen LogP contribution in [0.5, 0.6) is 0 Å². The summed E-state index contributed by atoms with van der Waals surface area (Å²) in [5.41, 5.74) is 0. The number of allylic oxidation sites excluding steroid dienone is 9. The monoisotopic (exact) mass is 1090 g/mol. The van der Waals surface area contributed by atoms with Crippen LogP contribution in [0.2, 0.25) is 0 Å². The van der Waals surface area contributed by atoms with Gasteiger partial charge in [-0.25, -0.2) is 0 Å². The van der Waals surface area contributed by atoms with E-state index < -0.39 is 26.6 Å². The Morgan fingerprint density at radius 1 is 0.461 bits per heavy atom. The van der Waals surface area contributed by atoms with Crippen LogP contribution in [0.1, 0.15) is 309 Å². The van der Waals surface area contributed by atoms with E-state index in [1.54, 1.807) is 6.08 Å². The molecule has 0 aromatic heterocycles. The zero-order chi connectivity index (χ0) is 55.6. The Balaban J connectivity index is 4.16. The summed E-state index contributed by atoms with van der Waals surface area (Å²) in [4.78, 5) is 25.6. The van der Waals surface area contributed by atoms with Crippen molar-refractivity contribution in [3.63, 3.8) is 0 Å². The SMILES string of the molecule is CCCCCCCCCCC/C=C\C/C=C\CCCCCCCCCCCCCCCCCC(=O)NC(COP(=O)([O-])OCC[N+](C)(C)C)C(O)/C=C/CC/C=C/CC/C=C/CCCCCCCCCCCCCCC. The van der Waals surface area contributed by atoms with Crippen LogP contribution in [-0.4, -0.2) is 68.5 Å². The Morgan fingerprint density at radius 2 is 0.776 bits per heavy atom. The molecule has 3 unspecified atom stereocenters. The van der Waals surface area contributed by atoms with Crippen LogP contribution in [0.4, 0.5) is 0 Å². The highest BCUT2D eigenvalue weighted by Gasteiger charge is 2.23. The molecule has 0 aliphatic rings. The van der Waals surface area contributed by atoms with Gasteiger partial charge in [-0.15, -0.1) is 0 Å². The van der Waals surface area contributed by atoms with E-state index in [4.69, 9.17) is 9.05 Å². The lowest BCUT2D eigenvalue weighted by Gasteiger charge is -2.29. The molecule has 0 fully saturated rings. The molecule has 0 aromatic carbocycles. The van der Waals surface area contributed by atoms with Gasteiger partial charge in [-0.3, -0.25) is 9.36 Å².